The summed E-state index contributed by atoms with van der Waals surface area (Å²) in [5.41, 5.74) is 2.20. The van der Waals surface area contributed by atoms with Crippen molar-refractivity contribution in [3.8, 4) is 0 Å². The molecule has 0 spiro atoms. The number of nitrogens with one attached hydrogen (secondary N) is 1. The molecule has 0 bridgehead atoms. The average molecular weight is 356 g/mol. The van der Waals surface area contributed by atoms with Crippen LogP contribution in [0.15, 0.2) is 53.6 Å². The number of aromatic nitrogens is 1. The van der Waals surface area contributed by atoms with E-state index >= 15 is 0 Å². The molecule has 3 rings (SSSR count). The van der Waals surface area contributed by atoms with Crippen LogP contribution in [-0.4, -0.2) is 40.7 Å². The Morgan fingerprint density at radius 1 is 1.24 bits per heavy atom. The molecule has 1 aliphatic rings. The number of carbonyl (C=O) groups is 1. The molecule has 1 saturated heterocycles. The average Bonchev–Trinajstić information content (AvgIpc) is 2.63. The molecule has 132 valence electrons. The number of amides is 1. The van der Waals surface area contributed by atoms with Crippen LogP contribution in [0.1, 0.15) is 24.1 Å². The van der Waals surface area contributed by atoms with Crippen molar-refractivity contribution in [1.29, 1.82) is 0 Å². The predicted octanol–water partition coefficient (Wildman–Crippen LogP) is 3.26. The fraction of sp³-hybridized carbons (Fsp3) is 0.400. The zero-order valence-electron chi connectivity index (χ0n) is 14.6. The van der Waals surface area contributed by atoms with E-state index in [1.165, 1.54) is 10.5 Å². The van der Waals surface area contributed by atoms with E-state index in [0.717, 1.165) is 31.6 Å². The SMILES string of the molecule is Cc1cccc(SC2CCN(CC(=O)NCc3ccccn3)CC2)c1. The number of piperidine rings is 1. The number of nitrogens with zero attached hydrogens (tertiary/aromatic N) is 2. The van der Waals surface area contributed by atoms with Crippen molar-refractivity contribution < 1.29 is 4.79 Å². The maximum atomic E-state index is 12.1. The minimum atomic E-state index is 0.0791. The minimum absolute atomic E-state index is 0.0791. The summed E-state index contributed by atoms with van der Waals surface area (Å²) in [4.78, 5) is 19.9. The molecule has 1 amide bonds. The molecule has 1 aromatic heterocycles. The van der Waals surface area contributed by atoms with Gasteiger partial charge in [-0.2, -0.15) is 0 Å². The summed E-state index contributed by atoms with van der Waals surface area (Å²) in [5, 5.41) is 3.60. The molecule has 1 N–H and O–H groups in total. The first-order valence-electron chi connectivity index (χ1n) is 8.81. The van der Waals surface area contributed by atoms with Crippen LogP contribution in [0, 0.1) is 6.92 Å². The Hall–Kier alpha value is -1.85. The zero-order valence-corrected chi connectivity index (χ0v) is 15.5. The molecule has 2 heterocycles. The van der Waals surface area contributed by atoms with Gasteiger partial charge in [-0.15, -0.1) is 11.8 Å². The van der Waals surface area contributed by atoms with Crippen LogP contribution >= 0.6 is 11.8 Å². The first-order chi connectivity index (χ1) is 12.2. The molecule has 1 aliphatic heterocycles. The van der Waals surface area contributed by atoms with E-state index in [1.54, 1.807) is 6.20 Å². The fourth-order valence-electron chi connectivity index (χ4n) is 3.02. The van der Waals surface area contributed by atoms with Gasteiger partial charge in [0.1, 0.15) is 0 Å². The normalized spacial score (nSPS) is 15.9. The third kappa shape index (κ3) is 5.87. The van der Waals surface area contributed by atoms with Crippen molar-refractivity contribution in [2.75, 3.05) is 19.6 Å². The highest BCUT2D eigenvalue weighted by molar-refractivity contribution is 8.00. The summed E-state index contributed by atoms with van der Waals surface area (Å²) >= 11 is 1.97. The van der Waals surface area contributed by atoms with Gasteiger partial charge in [-0.1, -0.05) is 23.8 Å². The van der Waals surface area contributed by atoms with Crippen LogP contribution in [0.4, 0.5) is 0 Å². The summed E-state index contributed by atoms with van der Waals surface area (Å²) in [5.74, 6) is 0.0791. The van der Waals surface area contributed by atoms with Gasteiger partial charge in [0.25, 0.3) is 0 Å². The second kappa shape index (κ2) is 9.02. The Balaban J connectivity index is 1.38. The van der Waals surface area contributed by atoms with Gasteiger partial charge in [0, 0.05) is 16.3 Å². The van der Waals surface area contributed by atoms with Crippen molar-refractivity contribution in [1.82, 2.24) is 15.2 Å². The van der Waals surface area contributed by atoms with Gasteiger partial charge in [-0.25, -0.2) is 0 Å². The monoisotopic (exact) mass is 355 g/mol. The fourth-order valence-corrected chi connectivity index (χ4v) is 4.26. The highest BCUT2D eigenvalue weighted by atomic mass is 32.2. The number of benzene rings is 1. The Kier molecular flexibility index (Phi) is 6.48. The molecule has 0 unspecified atom stereocenters. The van der Waals surface area contributed by atoms with Gasteiger partial charge in [-0.05, 0) is 57.1 Å². The second-order valence-electron chi connectivity index (χ2n) is 6.51. The number of hydrogen-bond donors (Lipinski definition) is 1. The Morgan fingerprint density at radius 3 is 2.80 bits per heavy atom. The van der Waals surface area contributed by atoms with Crippen LogP contribution in [0.2, 0.25) is 0 Å². The van der Waals surface area contributed by atoms with Crippen LogP contribution in [0.5, 0.6) is 0 Å². The summed E-state index contributed by atoms with van der Waals surface area (Å²) in [6.07, 6.45) is 4.01. The summed E-state index contributed by atoms with van der Waals surface area (Å²) in [6, 6.07) is 14.4. The highest BCUT2D eigenvalue weighted by Gasteiger charge is 2.21. The molecule has 5 heteroatoms. The lowest BCUT2D eigenvalue weighted by atomic mass is 10.1. The quantitative estimate of drug-likeness (QED) is 0.864. The predicted molar refractivity (Wildman–Crippen MR) is 103 cm³/mol. The number of hydrogen-bond acceptors (Lipinski definition) is 4. The lowest BCUT2D eigenvalue weighted by molar-refractivity contribution is -0.122. The van der Waals surface area contributed by atoms with Crippen molar-refractivity contribution in [2.24, 2.45) is 0 Å². The molecular formula is C20H25N3OS. The Bertz CT molecular complexity index is 684. The van der Waals surface area contributed by atoms with E-state index in [1.807, 2.05) is 30.0 Å². The van der Waals surface area contributed by atoms with Gasteiger partial charge in [0.15, 0.2) is 0 Å². The number of pyridine rings is 1. The molecule has 1 fully saturated rings. The van der Waals surface area contributed by atoms with Gasteiger partial charge in [0.05, 0.1) is 18.8 Å². The lowest BCUT2D eigenvalue weighted by Crippen LogP contribution is -2.42. The number of thioether (sulfide) groups is 1. The Labute approximate surface area is 154 Å². The molecule has 0 aliphatic carbocycles. The van der Waals surface area contributed by atoms with Crippen molar-refractivity contribution in [3.05, 3.63) is 59.9 Å². The topological polar surface area (TPSA) is 45.2 Å². The zero-order chi connectivity index (χ0) is 17.5. The summed E-state index contributed by atoms with van der Waals surface area (Å²) in [6.45, 7) is 5.09. The van der Waals surface area contributed by atoms with Gasteiger partial charge >= 0.3 is 0 Å². The number of rotatable bonds is 6. The molecule has 25 heavy (non-hydrogen) atoms. The molecule has 0 saturated carbocycles. The van der Waals surface area contributed by atoms with E-state index in [4.69, 9.17) is 0 Å². The number of likely N-dealkylation sites (tertiary alicyclic amines) is 1. The molecule has 0 atom stereocenters. The Morgan fingerprint density at radius 2 is 2.08 bits per heavy atom. The minimum Gasteiger partial charge on any atom is -0.349 e. The smallest absolute Gasteiger partial charge is 0.234 e. The van der Waals surface area contributed by atoms with E-state index in [-0.39, 0.29) is 5.91 Å². The third-order valence-corrected chi connectivity index (χ3v) is 5.72. The number of aryl methyl sites for hydroxylation is 1. The van der Waals surface area contributed by atoms with Crippen molar-refractivity contribution >= 4 is 17.7 Å². The number of carbonyl (C=O) groups excluding carboxylic acids is 1. The van der Waals surface area contributed by atoms with E-state index in [0.29, 0.717) is 18.3 Å². The first kappa shape index (κ1) is 18.0. The molecule has 2 aromatic rings. The molecule has 0 radical (unpaired) electrons. The first-order valence-corrected chi connectivity index (χ1v) is 9.69. The van der Waals surface area contributed by atoms with E-state index < -0.39 is 0 Å². The third-order valence-electron chi connectivity index (χ3n) is 4.39. The summed E-state index contributed by atoms with van der Waals surface area (Å²) < 4.78 is 0. The molecular weight excluding hydrogens is 330 g/mol. The molecule has 1 aromatic carbocycles. The molecule has 4 nitrogen and oxygen atoms in total. The maximum absolute atomic E-state index is 12.1. The van der Waals surface area contributed by atoms with Crippen LogP contribution in [0.3, 0.4) is 0 Å². The standard InChI is InChI=1S/C20H25N3OS/c1-16-5-4-7-19(13-16)25-18-8-11-23(12-9-18)15-20(24)22-14-17-6-2-3-10-21-17/h2-7,10,13,18H,8-9,11-12,14-15H2,1H3,(H,22,24). The van der Waals surface area contributed by atoms with E-state index in [2.05, 4.69) is 46.4 Å². The van der Waals surface area contributed by atoms with Gasteiger partial charge in [0.2, 0.25) is 5.91 Å². The van der Waals surface area contributed by atoms with Crippen LogP contribution in [-0.2, 0) is 11.3 Å². The second-order valence-corrected chi connectivity index (χ2v) is 7.88. The lowest BCUT2D eigenvalue weighted by Gasteiger charge is -2.31. The van der Waals surface area contributed by atoms with Gasteiger partial charge in [-0.3, -0.25) is 14.7 Å². The highest BCUT2D eigenvalue weighted by Crippen LogP contribution is 2.30. The van der Waals surface area contributed by atoms with Crippen LogP contribution < -0.4 is 5.32 Å². The van der Waals surface area contributed by atoms with Crippen molar-refractivity contribution in [3.63, 3.8) is 0 Å². The summed E-state index contributed by atoms with van der Waals surface area (Å²) in [7, 11) is 0. The van der Waals surface area contributed by atoms with Crippen molar-refractivity contribution in [2.45, 2.75) is 36.5 Å². The van der Waals surface area contributed by atoms with Crippen LogP contribution in [0.25, 0.3) is 0 Å². The van der Waals surface area contributed by atoms with E-state index in [9.17, 15) is 4.79 Å². The van der Waals surface area contributed by atoms with Gasteiger partial charge < -0.3 is 5.32 Å². The maximum Gasteiger partial charge on any atom is 0.234 e. The largest absolute Gasteiger partial charge is 0.349 e.